The van der Waals surface area contributed by atoms with Gasteiger partial charge >= 0.3 is 0 Å². The van der Waals surface area contributed by atoms with Gasteiger partial charge in [-0.05, 0) is 12.8 Å². The molecule has 5 heteroatoms. The Labute approximate surface area is 89.6 Å². The van der Waals surface area contributed by atoms with Gasteiger partial charge in [0.05, 0.1) is 6.20 Å². The number of hydrogen-bond acceptors (Lipinski definition) is 2. The first-order valence-electron chi connectivity index (χ1n) is 5.22. The molecule has 1 aromatic rings. The van der Waals surface area contributed by atoms with Crippen molar-refractivity contribution >= 4 is 5.96 Å². The number of nitrogens with one attached hydrogen (secondary N) is 2. The molecular weight excluding hydrogens is 190 g/mol. The zero-order valence-electron chi connectivity index (χ0n) is 9.20. The van der Waals surface area contributed by atoms with Gasteiger partial charge < -0.3 is 10.6 Å². The van der Waals surface area contributed by atoms with Crippen LogP contribution >= 0.6 is 0 Å². The highest BCUT2D eigenvalue weighted by Gasteiger charge is 2.21. The molecule has 1 heterocycles. The largest absolute Gasteiger partial charge is 0.354 e. The Morgan fingerprint density at radius 2 is 2.47 bits per heavy atom. The van der Waals surface area contributed by atoms with Crippen molar-refractivity contribution in [3.8, 4) is 0 Å². The number of aromatic nitrogens is 2. The minimum atomic E-state index is 0.630. The van der Waals surface area contributed by atoms with Crippen LogP contribution < -0.4 is 10.6 Å². The predicted octanol–water partition coefficient (Wildman–Crippen LogP) is 0.247. The summed E-state index contributed by atoms with van der Waals surface area (Å²) in [6.45, 7) is 0.764. The highest BCUT2D eigenvalue weighted by molar-refractivity contribution is 5.80. The van der Waals surface area contributed by atoms with E-state index in [1.54, 1.807) is 11.7 Å². The van der Waals surface area contributed by atoms with E-state index in [-0.39, 0.29) is 0 Å². The summed E-state index contributed by atoms with van der Waals surface area (Å²) in [6, 6.07) is 0.630. The Kier molecular flexibility index (Phi) is 2.89. The lowest BCUT2D eigenvalue weighted by atomic mass is 10.4. The van der Waals surface area contributed by atoms with Gasteiger partial charge in [-0.25, -0.2) is 0 Å². The van der Waals surface area contributed by atoms with Gasteiger partial charge in [0, 0.05) is 38.4 Å². The summed E-state index contributed by atoms with van der Waals surface area (Å²) >= 11 is 0. The van der Waals surface area contributed by atoms with Gasteiger partial charge in [-0.1, -0.05) is 0 Å². The summed E-state index contributed by atoms with van der Waals surface area (Å²) in [5.74, 6) is 0.876. The van der Waals surface area contributed by atoms with E-state index >= 15 is 0 Å². The van der Waals surface area contributed by atoms with Crippen molar-refractivity contribution in [1.82, 2.24) is 20.4 Å². The van der Waals surface area contributed by atoms with Crippen molar-refractivity contribution in [3.63, 3.8) is 0 Å². The Bertz CT molecular complexity index is 350. The fourth-order valence-corrected chi connectivity index (χ4v) is 1.36. The minimum Gasteiger partial charge on any atom is -0.354 e. The molecule has 2 rings (SSSR count). The van der Waals surface area contributed by atoms with E-state index in [1.165, 1.54) is 12.8 Å². The predicted molar refractivity (Wildman–Crippen MR) is 59.6 cm³/mol. The normalized spacial score (nSPS) is 16.5. The van der Waals surface area contributed by atoms with Crippen LogP contribution in [0.3, 0.4) is 0 Å². The van der Waals surface area contributed by atoms with Gasteiger partial charge in [0.15, 0.2) is 5.96 Å². The van der Waals surface area contributed by atoms with Crippen molar-refractivity contribution in [3.05, 3.63) is 18.0 Å². The first kappa shape index (κ1) is 10.0. The quantitative estimate of drug-likeness (QED) is 0.552. The molecule has 0 amide bonds. The molecule has 0 aromatic carbocycles. The molecule has 0 unspecified atom stereocenters. The van der Waals surface area contributed by atoms with E-state index in [0.29, 0.717) is 6.04 Å². The van der Waals surface area contributed by atoms with Crippen LogP contribution in [-0.2, 0) is 13.6 Å². The highest BCUT2D eigenvalue weighted by Crippen LogP contribution is 2.18. The molecule has 0 saturated heterocycles. The molecule has 0 atom stereocenters. The van der Waals surface area contributed by atoms with Crippen LogP contribution in [0.4, 0.5) is 0 Å². The SMILES string of the molecule is CN=C(NCc1cnn(C)c1)NC1CC1. The lowest BCUT2D eigenvalue weighted by Gasteiger charge is -2.09. The molecule has 1 saturated carbocycles. The van der Waals surface area contributed by atoms with Crippen LogP contribution in [0.1, 0.15) is 18.4 Å². The molecule has 0 aliphatic heterocycles. The van der Waals surface area contributed by atoms with Crippen molar-refractivity contribution in [2.75, 3.05) is 7.05 Å². The summed E-state index contributed by atoms with van der Waals surface area (Å²) in [5.41, 5.74) is 1.16. The lowest BCUT2D eigenvalue weighted by Crippen LogP contribution is -2.37. The van der Waals surface area contributed by atoms with Crippen LogP contribution in [0.25, 0.3) is 0 Å². The second-order valence-electron chi connectivity index (χ2n) is 3.87. The molecule has 1 aliphatic rings. The van der Waals surface area contributed by atoms with E-state index in [0.717, 1.165) is 18.1 Å². The third-order valence-corrected chi connectivity index (χ3v) is 2.36. The van der Waals surface area contributed by atoms with Gasteiger partial charge in [-0.3, -0.25) is 9.67 Å². The number of guanidine groups is 1. The summed E-state index contributed by atoms with van der Waals surface area (Å²) in [4.78, 5) is 4.16. The first-order valence-corrected chi connectivity index (χ1v) is 5.22. The molecule has 0 spiro atoms. The average Bonchev–Trinajstić information content (AvgIpc) is 2.95. The summed E-state index contributed by atoms with van der Waals surface area (Å²) in [5, 5.41) is 10.7. The number of hydrogen-bond donors (Lipinski definition) is 2. The first-order chi connectivity index (χ1) is 7.28. The van der Waals surface area contributed by atoms with E-state index in [2.05, 4.69) is 20.7 Å². The third kappa shape index (κ3) is 2.97. The maximum Gasteiger partial charge on any atom is 0.191 e. The Hall–Kier alpha value is -1.52. The number of nitrogens with zero attached hydrogens (tertiary/aromatic N) is 3. The smallest absolute Gasteiger partial charge is 0.191 e. The Balaban J connectivity index is 1.80. The Morgan fingerprint density at radius 3 is 3.00 bits per heavy atom. The van der Waals surface area contributed by atoms with E-state index in [9.17, 15) is 0 Å². The minimum absolute atomic E-state index is 0.630. The Morgan fingerprint density at radius 1 is 1.67 bits per heavy atom. The highest BCUT2D eigenvalue weighted by atomic mass is 15.2. The average molecular weight is 207 g/mol. The number of rotatable bonds is 3. The van der Waals surface area contributed by atoms with E-state index < -0.39 is 0 Å². The molecule has 1 aliphatic carbocycles. The van der Waals surface area contributed by atoms with Crippen molar-refractivity contribution in [1.29, 1.82) is 0 Å². The fraction of sp³-hybridized carbons (Fsp3) is 0.600. The van der Waals surface area contributed by atoms with Gasteiger partial charge in [-0.2, -0.15) is 5.10 Å². The number of aliphatic imine (C=N–C) groups is 1. The van der Waals surface area contributed by atoms with Crippen molar-refractivity contribution < 1.29 is 0 Å². The van der Waals surface area contributed by atoms with Crippen molar-refractivity contribution in [2.45, 2.75) is 25.4 Å². The van der Waals surface area contributed by atoms with Gasteiger partial charge in [0.2, 0.25) is 0 Å². The van der Waals surface area contributed by atoms with Crippen molar-refractivity contribution in [2.24, 2.45) is 12.0 Å². The summed E-state index contributed by atoms with van der Waals surface area (Å²) in [7, 11) is 3.71. The molecule has 1 aromatic heterocycles. The molecule has 1 fully saturated rings. The second-order valence-corrected chi connectivity index (χ2v) is 3.87. The van der Waals surface area contributed by atoms with E-state index in [1.807, 2.05) is 19.4 Å². The molecule has 2 N–H and O–H groups in total. The van der Waals surface area contributed by atoms with Crippen LogP contribution in [0, 0.1) is 0 Å². The molecule has 5 nitrogen and oxygen atoms in total. The van der Waals surface area contributed by atoms with Crippen LogP contribution in [0.2, 0.25) is 0 Å². The summed E-state index contributed by atoms with van der Waals surface area (Å²) in [6.07, 6.45) is 6.37. The molecular formula is C10H17N5. The third-order valence-electron chi connectivity index (χ3n) is 2.36. The maximum absolute atomic E-state index is 4.16. The number of aryl methyl sites for hydroxylation is 1. The van der Waals surface area contributed by atoms with Crippen LogP contribution in [0.5, 0.6) is 0 Å². The molecule has 0 bridgehead atoms. The van der Waals surface area contributed by atoms with Gasteiger partial charge in [0.25, 0.3) is 0 Å². The zero-order chi connectivity index (χ0) is 10.7. The second kappa shape index (κ2) is 4.33. The summed E-state index contributed by atoms with van der Waals surface area (Å²) < 4.78 is 1.80. The standard InChI is InChI=1S/C10H17N5/c1-11-10(14-9-3-4-9)12-5-8-6-13-15(2)7-8/h6-7,9H,3-5H2,1-2H3,(H2,11,12,14). The van der Waals surface area contributed by atoms with Crippen LogP contribution in [-0.4, -0.2) is 28.8 Å². The van der Waals surface area contributed by atoms with Gasteiger partial charge in [-0.15, -0.1) is 0 Å². The lowest BCUT2D eigenvalue weighted by molar-refractivity contribution is 0.764. The zero-order valence-corrected chi connectivity index (χ0v) is 9.20. The maximum atomic E-state index is 4.16. The molecule has 15 heavy (non-hydrogen) atoms. The van der Waals surface area contributed by atoms with Gasteiger partial charge in [0.1, 0.15) is 0 Å². The monoisotopic (exact) mass is 207 g/mol. The topological polar surface area (TPSA) is 54.2 Å². The van der Waals surface area contributed by atoms with Crippen LogP contribution in [0.15, 0.2) is 17.4 Å². The molecule has 0 radical (unpaired) electrons. The molecule has 82 valence electrons. The van der Waals surface area contributed by atoms with E-state index in [4.69, 9.17) is 0 Å². The fourth-order valence-electron chi connectivity index (χ4n) is 1.36.